The summed E-state index contributed by atoms with van der Waals surface area (Å²) >= 11 is 0. The van der Waals surface area contributed by atoms with Crippen LogP contribution in [0.2, 0.25) is 0 Å². The van der Waals surface area contributed by atoms with Gasteiger partial charge in [0.25, 0.3) is 5.91 Å². The number of nitrogens with one attached hydrogen (secondary N) is 1. The fourth-order valence-electron chi connectivity index (χ4n) is 3.26. The van der Waals surface area contributed by atoms with Crippen molar-refractivity contribution < 1.29 is 14.3 Å². The average molecular weight is 353 g/mol. The maximum atomic E-state index is 12.5. The number of benzene rings is 2. The van der Waals surface area contributed by atoms with Gasteiger partial charge in [0.15, 0.2) is 6.10 Å². The molecule has 0 aliphatic heterocycles. The zero-order valence-corrected chi connectivity index (χ0v) is 15.7. The lowest BCUT2D eigenvalue weighted by Gasteiger charge is -2.22. The van der Waals surface area contributed by atoms with Crippen molar-refractivity contribution in [3.8, 4) is 11.5 Å². The van der Waals surface area contributed by atoms with Crippen molar-refractivity contribution >= 4 is 11.6 Å². The van der Waals surface area contributed by atoms with Crippen LogP contribution in [0, 0.1) is 0 Å². The van der Waals surface area contributed by atoms with Gasteiger partial charge in [-0.2, -0.15) is 0 Å². The molecule has 1 atom stereocenters. The lowest BCUT2D eigenvalue weighted by molar-refractivity contribution is -0.122. The quantitative estimate of drug-likeness (QED) is 0.814. The van der Waals surface area contributed by atoms with Crippen molar-refractivity contribution in [1.82, 2.24) is 0 Å². The van der Waals surface area contributed by atoms with E-state index in [0.29, 0.717) is 5.69 Å². The number of amides is 1. The first-order valence-corrected chi connectivity index (χ1v) is 9.38. The normalized spacial score (nSPS) is 14.5. The molecule has 1 unspecified atom stereocenters. The summed E-state index contributed by atoms with van der Waals surface area (Å²) in [5, 5.41) is 2.91. The minimum absolute atomic E-state index is 0.0902. The molecule has 3 rings (SSSR count). The number of hydrogen-bond donors (Lipinski definition) is 1. The molecule has 26 heavy (non-hydrogen) atoms. The molecule has 0 bridgehead atoms. The van der Waals surface area contributed by atoms with Gasteiger partial charge in [0, 0.05) is 11.8 Å². The third-order valence-corrected chi connectivity index (χ3v) is 4.50. The van der Waals surface area contributed by atoms with Crippen LogP contribution in [-0.2, 0) is 17.6 Å². The third kappa shape index (κ3) is 4.57. The van der Waals surface area contributed by atoms with Crippen molar-refractivity contribution in [2.75, 3.05) is 5.32 Å². The lowest BCUT2D eigenvalue weighted by Crippen LogP contribution is -2.30. The van der Waals surface area contributed by atoms with E-state index in [2.05, 4.69) is 11.4 Å². The highest BCUT2D eigenvalue weighted by molar-refractivity contribution is 5.94. The van der Waals surface area contributed by atoms with E-state index in [0.717, 1.165) is 24.3 Å². The monoisotopic (exact) mass is 353 g/mol. The second-order valence-electron chi connectivity index (χ2n) is 7.04. The number of aryl methyl sites for hydroxylation is 1. The van der Waals surface area contributed by atoms with Gasteiger partial charge in [0.05, 0.1) is 6.10 Å². The summed E-state index contributed by atoms with van der Waals surface area (Å²) in [7, 11) is 0. The summed E-state index contributed by atoms with van der Waals surface area (Å²) in [4.78, 5) is 12.5. The molecular formula is C22H27NO3. The summed E-state index contributed by atoms with van der Waals surface area (Å²) in [6.07, 6.45) is 4.03. The predicted molar refractivity (Wildman–Crippen MR) is 104 cm³/mol. The van der Waals surface area contributed by atoms with Gasteiger partial charge in [-0.1, -0.05) is 18.2 Å². The first-order chi connectivity index (χ1) is 12.5. The molecule has 0 saturated heterocycles. The molecule has 0 radical (unpaired) electrons. The Morgan fingerprint density at radius 3 is 2.58 bits per heavy atom. The van der Waals surface area contributed by atoms with Gasteiger partial charge in [0.1, 0.15) is 11.5 Å². The van der Waals surface area contributed by atoms with Gasteiger partial charge in [0.2, 0.25) is 0 Å². The van der Waals surface area contributed by atoms with Gasteiger partial charge in [-0.15, -0.1) is 0 Å². The highest BCUT2D eigenvalue weighted by Crippen LogP contribution is 2.30. The Morgan fingerprint density at radius 1 is 1.00 bits per heavy atom. The molecule has 1 amide bonds. The number of carbonyl (C=O) groups excluding carboxylic acids is 1. The van der Waals surface area contributed by atoms with Crippen LogP contribution in [0.1, 0.15) is 44.7 Å². The van der Waals surface area contributed by atoms with Crippen LogP contribution in [-0.4, -0.2) is 18.1 Å². The van der Waals surface area contributed by atoms with Gasteiger partial charge >= 0.3 is 0 Å². The smallest absolute Gasteiger partial charge is 0.265 e. The molecule has 0 fully saturated rings. The van der Waals surface area contributed by atoms with E-state index in [9.17, 15) is 4.79 Å². The van der Waals surface area contributed by atoms with E-state index in [1.807, 2.05) is 50.2 Å². The summed E-state index contributed by atoms with van der Waals surface area (Å²) in [6, 6.07) is 13.6. The molecule has 0 heterocycles. The molecule has 2 aromatic rings. The Morgan fingerprint density at radius 2 is 1.77 bits per heavy atom. The molecule has 1 N–H and O–H groups in total. The summed E-state index contributed by atoms with van der Waals surface area (Å²) in [5.74, 6) is 1.41. The van der Waals surface area contributed by atoms with Crippen molar-refractivity contribution in [3.63, 3.8) is 0 Å². The molecule has 2 aromatic carbocycles. The van der Waals surface area contributed by atoms with E-state index in [-0.39, 0.29) is 12.0 Å². The number of rotatable bonds is 6. The van der Waals surface area contributed by atoms with Crippen LogP contribution in [0.4, 0.5) is 5.69 Å². The van der Waals surface area contributed by atoms with Crippen LogP contribution < -0.4 is 14.8 Å². The maximum Gasteiger partial charge on any atom is 0.265 e. The SMILES string of the molecule is CC(C)Oc1cccc(NC(=O)C(C)Oc2cccc3c2CCCC3)c1. The topological polar surface area (TPSA) is 47.6 Å². The average Bonchev–Trinajstić information content (AvgIpc) is 2.61. The first-order valence-electron chi connectivity index (χ1n) is 9.38. The maximum absolute atomic E-state index is 12.5. The summed E-state index contributed by atoms with van der Waals surface area (Å²) < 4.78 is 11.7. The van der Waals surface area contributed by atoms with E-state index in [4.69, 9.17) is 9.47 Å². The zero-order chi connectivity index (χ0) is 18.5. The van der Waals surface area contributed by atoms with E-state index in [1.54, 1.807) is 6.92 Å². The van der Waals surface area contributed by atoms with Crippen LogP contribution >= 0.6 is 0 Å². The Balaban J connectivity index is 1.65. The van der Waals surface area contributed by atoms with Crippen molar-refractivity contribution in [2.45, 2.75) is 58.7 Å². The van der Waals surface area contributed by atoms with Crippen LogP contribution in [0.25, 0.3) is 0 Å². The second kappa shape index (κ2) is 8.26. The van der Waals surface area contributed by atoms with Crippen molar-refractivity contribution in [2.24, 2.45) is 0 Å². The fourth-order valence-corrected chi connectivity index (χ4v) is 3.26. The van der Waals surface area contributed by atoms with Crippen molar-refractivity contribution in [3.05, 3.63) is 53.6 Å². The van der Waals surface area contributed by atoms with Gasteiger partial charge in [-0.25, -0.2) is 0 Å². The third-order valence-electron chi connectivity index (χ3n) is 4.50. The number of anilines is 1. The number of ether oxygens (including phenoxy) is 2. The number of carbonyl (C=O) groups is 1. The summed E-state index contributed by atoms with van der Waals surface area (Å²) in [5.41, 5.74) is 3.31. The Labute approximate surface area is 155 Å². The molecule has 0 aromatic heterocycles. The largest absolute Gasteiger partial charge is 0.491 e. The Bertz CT molecular complexity index is 770. The minimum atomic E-state index is -0.571. The molecule has 4 heteroatoms. The minimum Gasteiger partial charge on any atom is -0.491 e. The van der Waals surface area contributed by atoms with E-state index < -0.39 is 6.10 Å². The van der Waals surface area contributed by atoms with E-state index in [1.165, 1.54) is 24.0 Å². The Hall–Kier alpha value is -2.49. The lowest BCUT2D eigenvalue weighted by atomic mass is 9.91. The molecule has 0 saturated carbocycles. The molecule has 138 valence electrons. The molecule has 0 spiro atoms. The first kappa shape index (κ1) is 18.3. The predicted octanol–water partition coefficient (Wildman–Crippen LogP) is 4.76. The summed E-state index contributed by atoms with van der Waals surface area (Å²) in [6.45, 7) is 5.73. The van der Waals surface area contributed by atoms with Gasteiger partial charge in [-0.05, 0) is 75.8 Å². The fraction of sp³-hybridized carbons (Fsp3) is 0.409. The zero-order valence-electron chi connectivity index (χ0n) is 15.7. The molecular weight excluding hydrogens is 326 g/mol. The van der Waals surface area contributed by atoms with Gasteiger partial charge in [-0.3, -0.25) is 4.79 Å². The molecule has 4 nitrogen and oxygen atoms in total. The highest BCUT2D eigenvalue weighted by Gasteiger charge is 2.19. The van der Waals surface area contributed by atoms with E-state index >= 15 is 0 Å². The standard InChI is InChI=1S/C22H27NO3/c1-15(2)25-19-11-7-10-18(14-19)23-22(24)16(3)26-21-13-6-9-17-8-4-5-12-20(17)21/h6-7,9-11,13-16H,4-5,8,12H2,1-3H3,(H,23,24). The second-order valence-corrected chi connectivity index (χ2v) is 7.04. The Kier molecular flexibility index (Phi) is 5.82. The van der Waals surface area contributed by atoms with Gasteiger partial charge < -0.3 is 14.8 Å². The molecule has 1 aliphatic carbocycles. The highest BCUT2D eigenvalue weighted by atomic mass is 16.5. The number of fused-ring (bicyclic) bond motifs is 1. The van der Waals surface area contributed by atoms with Crippen LogP contribution in [0.15, 0.2) is 42.5 Å². The van der Waals surface area contributed by atoms with Crippen LogP contribution in [0.3, 0.4) is 0 Å². The number of hydrogen-bond acceptors (Lipinski definition) is 3. The molecule has 1 aliphatic rings. The van der Waals surface area contributed by atoms with Crippen LogP contribution in [0.5, 0.6) is 11.5 Å². The van der Waals surface area contributed by atoms with Crippen molar-refractivity contribution in [1.29, 1.82) is 0 Å².